The molecule has 0 aliphatic heterocycles. The molecule has 1 saturated carbocycles. The summed E-state index contributed by atoms with van der Waals surface area (Å²) in [5.74, 6) is 2.97. The Balaban J connectivity index is 1.25. The van der Waals surface area contributed by atoms with Crippen LogP contribution in [0.5, 0.6) is 0 Å². The number of aryl methyl sites for hydroxylation is 1. The molecule has 2 N–H and O–H groups in total. The summed E-state index contributed by atoms with van der Waals surface area (Å²) >= 11 is 1.69. The molecule has 1 aliphatic carbocycles. The molecule has 142 valence electrons. The molecule has 8 nitrogen and oxygen atoms in total. The van der Waals surface area contributed by atoms with Gasteiger partial charge in [0.2, 0.25) is 5.16 Å². The van der Waals surface area contributed by atoms with Crippen LogP contribution in [0, 0.1) is 0 Å². The lowest BCUT2D eigenvalue weighted by molar-refractivity contribution is 0.695. The number of hydrogen-bond donors (Lipinski definition) is 1. The summed E-state index contributed by atoms with van der Waals surface area (Å²) in [5.41, 5.74) is 8.36. The standard InChI is InChI=1S/C19H20N8S/c20-16-15-18(22-11-21-16)26(12-23-15)9-4-10-28-19-24-17(13-7-8-13)27(25-19)14-5-2-1-3-6-14/h1-3,5-6,11-13H,4,7-10H2,(H2,20,21,22). The molecule has 0 saturated heterocycles. The van der Waals surface area contributed by atoms with E-state index < -0.39 is 0 Å². The molecule has 3 aromatic heterocycles. The molecule has 0 atom stereocenters. The first-order chi connectivity index (χ1) is 13.8. The maximum absolute atomic E-state index is 5.84. The summed E-state index contributed by atoms with van der Waals surface area (Å²) in [7, 11) is 0. The van der Waals surface area contributed by atoms with Crippen LogP contribution in [0.25, 0.3) is 16.9 Å². The zero-order valence-electron chi connectivity index (χ0n) is 15.3. The molecule has 9 heteroatoms. The minimum Gasteiger partial charge on any atom is -0.382 e. The second kappa shape index (κ2) is 7.23. The second-order valence-electron chi connectivity index (χ2n) is 6.85. The number of hydrogen-bond acceptors (Lipinski definition) is 7. The number of rotatable bonds is 7. The fourth-order valence-electron chi connectivity index (χ4n) is 3.19. The fraction of sp³-hybridized carbons (Fsp3) is 0.316. The normalized spacial score (nSPS) is 14.0. The van der Waals surface area contributed by atoms with Crippen LogP contribution in [0.15, 0.2) is 48.1 Å². The molecule has 1 fully saturated rings. The van der Waals surface area contributed by atoms with Crippen molar-refractivity contribution in [1.82, 2.24) is 34.3 Å². The van der Waals surface area contributed by atoms with E-state index in [0.29, 0.717) is 17.3 Å². The zero-order chi connectivity index (χ0) is 18.9. The molecule has 28 heavy (non-hydrogen) atoms. The van der Waals surface area contributed by atoms with Crippen molar-refractivity contribution in [2.75, 3.05) is 11.5 Å². The van der Waals surface area contributed by atoms with E-state index >= 15 is 0 Å². The van der Waals surface area contributed by atoms with Crippen LogP contribution in [0.2, 0.25) is 0 Å². The average Bonchev–Trinajstić information content (AvgIpc) is 3.34. The molecular formula is C19H20N8S. The third kappa shape index (κ3) is 3.33. The van der Waals surface area contributed by atoms with Gasteiger partial charge in [0.05, 0.1) is 12.0 Å². The van der Waals surface area contributed by atoms with Gasteiger partial charge in [-0.05, 0) is 31.4 Å². The van der Waals surface area contributed by atoms with Crippen LogP contribution in [0.3, 0.4) is 0 Å². The van der Waals surface area contributed by atoms with Gasteiger partial charge in [-0.15, -0.1) is 5.10 Å². The Morgan fingerprint density at radius 1 is 1.11 bits per heavy atom. The van der Waals surface area contributed by atoms with E-state index in [9.17, 15) is 0 Å². The van der Waals surface area contributed by atoms with Crippen molar-refractivity contribution in [2.45, 2.75) is 36.9 Å². The highest BCUT2D eigenvalue weighted by Crippen LogP contribution is 2.40. The number of imidazole rings is 1. The number of nitrogen functional groups attached to an aromatic ring is 1. The topological polar surface area (TPSA) is 100 Å². The third-order valence-corrected chi connectivity index (χ3v) is 5.68. The van der Waals surface area contributed by atoms with Gasteiger partial charge in [0.1, 0.15) is 17.7 Å². The Morgan fingerprint density at radius 3 is 2.79 bits per heavy atom. The van der Waals surface area contributed by atoms with Crippen molar-refractivity contribution >= 4 is 28.7 Å². The predicted octanol–water partition coefficient (Wildman–Crippen LogP) is 3.05. The van der Waals surface area contributed by atoms with Crippen LogP contribution in [0.4, 0.5) is 5.82 Å². The van der Waals surface area contributed by atoms with Gasteiger partial charge in [0, 0.05) is 18.2 Å². The summed E-state index contributed by atoms with van der Waals surface area (Å²) in [6.07, 6.45) is 6.61. The van der Waals surface area contributed by atoms with Crippen molar-refractivity contribution in [2.24, 2.45) is 0 Å². The number of fused-ring (bicyclic) bond motifs is 1. The number of anilines is 1. The first-order valence-electron chi connectivity index (χ1n) is 9.36. The van der Waals surface area contributed by atoms with Gasteiger partial charge in [-0.1, -0.05) is 30.0 Å². The highest BCUT2D eigenvalue weighted by atomic mass is 32.2. The Hall–Kier alpha value is -2.94. The molecule has 3 heterocycles. The summed E-state index contributed by atoms with van der Waals surface area (Å²) in [4.78, 5) is 17.4. The molecule has 0 spiro atoms. The van der Waals surface area contributed by atoms with Gasteiger partial charge in [0.25, 0.3) is 0 Å². The lowest BCUT2D eigenvalue weighted by Gasteiger charge is -2.03. The summed E-state index contributed by atoms with van der Waals surface area (Å²) in [6.45, 7) is 0.814. The average molecular weight is 392 g/mol. The molecular weight excluding hydrogens is 372 g/mol. The van der Waals surface area contributed by atoms with Crippen molar-refractivity contribution in [3.63, 3.8) is 0 Å². The Labute approximate surface area is 166 Å². The number of aromatic nitrogens is 7. The van der Waals surface area contributed by atoms with Crippen LogP contribution in [0.1, 0.15) is 31.0 Å². The SMILES string of the molecule is Nc1ncnc2c1ncn2CCCSc1nc(C2CC2)n(-c2ccccc2)n1. The van der Waals surface area contributed by atoms with Gasteiger partial charge in [-0.25, -0.2) is 24.6 Å². The number of thioether (sulfide) groups is 1. The molecule has 1 aromatic carbocycles. The Kier molecular flexibility index (Phi) is 4.44. The number of para-hydroxylation sites is 1. The van der Waals surface area contributed by atoms with Crippen LogP contribution >= 0.6 is 11.8 Å². The van der Waals surface area contributed by atoms with Crippen molar-refractivity contribution < 1.29 is 0 Å². The molecule has 1 aliphatic rings. The summed E-state index contributed by atoms with van der Waals surface area (Å²) in [6, 6.07) is 10.2. The van der Waals surface area contributed by atoms with E-state index in [-0.39, 0.29) is 0 Å². The van der Waals surface area contributed by atoms with E-state index in [2.05, 4.69) is 27.1 Å². The van der Waals surface area contributed by atoms with Gasteiger partial charge in [-0.2, -0.15) is 0 Å². The lowest BCUT2D eigenvalue weighted by Crippen LogP contribution is -2.01. The summed E-state index contributed by atoms with van der Waals surface area (Å²) < 4.78 is 4.02. The second-order valence-corrected chi connectivity index (χ2v) is 7.91. The fourth-order valence-corrected chi connectivity index (χ4v) is 3.94. The zero-order valence-corrected chi connectivity index (χ0v) is 16.1. The van der Waals surface area contributed by atoms with Gasteiger partial charge >= 0.3 is 0 Å². The third-order valence-electron chi connectivity index (χ3n) is 4.76. The number of nitrogens with two attached hydrogens (primary N) is 1. The molecule has 0 unspecified atom stereocenters. The monoisotopic (exact) mass is 392 g/mol. The Bertz CT molecular complexity index is 1100. The minimum absolute atomic E-state index is 0.418. The minimum atomic E-state index is 0.418. The molecule has 4 aromatic rings. The van der Waals surface area contributed by atoms with Crippen LogP contribution < -0.4 is 5.73 Å². The van der Waals surface area contributed by atoms with Gasteiger partial charge < -0.3 is 10.3 Å². The van der Waals surface area contributed by atoms with Crippen LogP contribution in [-0.2, 0) is 6.54 Å². The number of nitrogens with zero attached hydrogens (tertiary/aromatic N) is 7. The maximum atomic E-state index is 5.84. The van der Waals surface area contributed by atoms with E-state index in [1.807, 2.05) is 27.4 Å². The number of benzene rings is 1. The van der Waals surface area contributed by atoms with E-state index in [1.165, 1.54) is 19.2 Å². The molecule has 5 rings (SSSR count). The smallest absolute Gasteiger partial charge is 0.209 e. The van der Waals surface area contributed by atoms with Crippen molar-refractivity contribution in [1.29, 1.82) is 0 Å². The van der Waals surface area contributed by atoms with E-state index in [4.69, 9.17) is 15.8 Å². The highest BCUT2D eigenvalue weighted by molar-refractivity contribution is 7.99. The van der Waals surface area contributed by atoms with Crippen molar-refractivity contribution in [3.05, 3.63) is 48.8 Å². The van der Waals surface area contributed by atoms with Crippen LogP contribution in [-0.4, -0.2) is 40.0 Å². The summed E-state index contributed by atoms with van der Waals surface area (Å²) in [5, 5.41) is 5.59. The first kappa shape index (κ1) is 17.2. The van der Waals surface area contributed by atoms with Gasteiger partial charge in [0.15, 0.2) is 11.5 Å². The van der Waals surface area contributed by atoms with E-state index in [0.717, 1.165) is 41.0 Å². The van der Waals surface area contributed by atoms with E-state index in [1.54, 1.807) is 18.1 Å². The van der Waals surface area contributed by atoms with Crippen molar-refractivity contribution in [3.8, 4) is 5.69 Å². The predicted molar refractivity (Wildman–Crippen MR) is 108 cm³/mol. The molecule has 0 amide bonds. The quantitative estimate of drug-likeness (QED) is 0.381. The molecule has 0 radical (unpaired) electrons. The highest BCUT2D eigenvalue weighted by Gasteiger charge is 2.30. The first-order valence-corrected chi connectivity index (χ1v) is 10.3. The maximum Gasteiger partial charge on any atom is 0.209 e. The Morgan fingerprint density at radius 2 is 1.96 bits per heavy atom. The largest absolute Gasteiger partial charge is 0.382 e. The molecule has 0 bridgehead atoms. The van der Waals surface area contributed by atoms with Gasteiger partial charge in [-0.3, -0.25) is 0 Å². The lowest BCUT2D eigenvalue weighted by atomic mass is 10.3.